The van der Waals surface area contributed by atoms with Gasteiger partial charge in [0.15, 0.2) is 0 Å². The predicted octanol–water partition coefficient (Wildman–Crippen LogP) is 2.13. The fraction of sp³-hybridized carbons (Fsp3) is 0.929. The molecule has 2 aliphatic rings. The normalized spacial score (nSPS) is 33.6. The lowest BCUT2D eigenvalue weighted by Gasteiger charge is -2.31. The van der Waals surface area contributed by atoms with Crippen molar-refractivity contribution in [2.75, 3.05) is 20.1 Å². The van der Waals surface area contributed by atoms with Crippen molar-refractivity contribution in [1.82, 2.24) is 4.90 Å². The average molecular weight is 235 g/mol. The van der Waals surface area contributed by atoms with Crippen LogP contribution in [0.5, 0.6) is 0 Å². The highest BCUT2D eigenvalue weighted by Gasteiger charge is 2.39. The Kier molecular flexibility index (Phi) is 4.06. The van der Waals surface area contributed by atoms with Gasteiger partial charge in [0.2, 0.25) is 0 Å². The predicted molar refractivity (Wildman–Crippen MR) is 69.3 cm³/mol. The lowest BCUT2D eigenvalue weighted by Crippen LogP contribution is -2.43. The highest BCUT2D eigenvalue weighted by Crippen LogP contribution is 2.35. The summed E-state index contributed by atoms with van der Waals surface area (Å²) in [6.07, 6.45) is 8.48. The molecule has 0 bridgehead atoms. The number of nitrogens with zero attached hydrogens (tertiary/aromatic N) is 2. The van der Waals surface area contributed by atoms with Crippen molar-refractivity contribution < 1.29 is 0 Å². The Bertz CT molecular complexity index is 292. The van der Waals surface area contributed by atoms with E-state index in [4.69, 9.17) is 11.0 Å². The van der Waals surface area contributed by atoms with E-state index in [1.165, 1.54) is 25.8 Å². The molecule has 17 heavy (non-hydrogen) atoms. The lowest BCUT2D eigenvalue weighted by molar-refractivity contribution is 0.191. The summed E-state index contributed by atoms with van der Waals surface area (Å²) in [6.45, 7) is 2.33. The summed E-state index contributed by atoms with van der Waals surface area (Å²) in [7, 11) is 2.21. The molecule has 96 valence electrons. The van der Waals surface area contributed by atoms with Gasteiger partial charge in [-0.1, -0.05) is 12.8 Å². The van der Waals surface area contributed by atoms with Crippen LogP contribution in [0.1, 0.15) is 44.9 Å². The van der Waals surface area contributed by atoms with E-state index < -0.39 is 5.54 Å². The van der Waals surface area contributed by atoms with E-state index in [-0.39, 0.29) is 0 Å². The van der Waals surface area contributed by atoms with E-state index in [2.05, 4.69) is 18.0 Å². The van der Waals surface area contributed by atoms with Gasteiger partial charge in [-0.15, -0.1) is 0 Å². The zero-order valence-electron chi connectivity index (χ0n) is 11.0. The SMILES string of the molecule is CN(CCC1CCCC1(N)C#N)CC1CCC1. The Morgan fingerprint density at radius 2 is 2.12 bits per heavy atom. The van der Waals surface area contributed by atoms with E-state index in [1.54, 1.807) is 0 Å². The van der Waals surface area contributed by atoms with Crippen molar-refractivity contribution in [2.45, 2.75) is 50.5 Å². The van der Waals surface area contributed by atoms with Crippen molar-refractivity contribution >= 4 is 0 Å². The Morgan fingerprint density at radius 1 is 1.35 bits per heavy atom. The van der Waals surface area contributed by atoms with Gasteiger partial charge >= 0.3 is 0 Å². The Hall–Kier alpha value is -0.590. The van der Waals surface area contributed by atoms with Crippen LogP contribution in [0, 0.1) is 23.2 Å². The van der Waals surface area contributed by atoms with Crippen molar-refractivity contribution in [2.24, 2.45) is 17.6 Å². The third-order valence-corrected chi connectivity index (χ3v) is 4.73. The fourth-order valence-corrected chi connectivity index (χ4v) is 3.24. The average Bonchev–Trinajstić information content (AvgIpc) is 2.63. The zero-order valence-corrected chi connectivity index (χ0v) is 11.0. The first-order chi connectivity index (χ1) is 8.14. The molecule has 2 saturated carbocycles. The largest absolute Gasteiger partial charge is 0.313 e. The van der Waals surface area contributed by atoms with Gasteiger partial charge in [-0.25, -0.2) is 0 Å². The van der Waals surface area contributed by atoms with Crippen LogP contribution in [-0.2, 0) is 0 Å². The van der Waals surface area contributed by atoms with Crippen LogP contribution in [0.4, 0.5) is 0 Å². The molecule has 2 unspecified atom stereocenters. The maximum Gasteiger partial charge on any atom is 0.107 e. The number of nitrogens with two attached hydrogens (primary N) is 1. The maximum atomic E-state index is 9.16. The molecule has 2 atom stereocenters. The minimum Gasteiger partial charge on any atom is -0.313 e. The molecule has 0 spiro atoms. The van der Waals surface area contributed by atoms with Crippen LogP contribution < -0.4 is 5.73 Å². The summed E-state index contributed by atoms with van der Waals surface area (Å²) in [5.74, 6) is 1.35. The van der Waals surface area contributed by atoms with Crippen LogP contribution >= 0.6 is 0 Å². The molecular weight excluding hydrogens is 210 g/mol. The monoisotopic (exact) mass is 235 g/mol. The van der Waals surface area contributed by atoms with Crippen molar-refractivity contribution in [3.63, 3.8) is 0 Å². The van der Waals surface area contributed by atoms with Gasteiger partial charge in [-0.2, -0.15) is 5.26 Å². The van der Waals surface area contributed by atoms with Crippen molar-refractivity contribution in [3.8, 4) is 6.07 Å². The quantitative estimate of drug-likeness (QED) is 0.794. The molecule has 2 aliphatic carbocycles. The third-order valence-electron chi connectivity index (χ3n) is 4.73. The summed E-state index contributed by atoms with van der Waals surface area (Å²) in [5, 5.41) is 9.16. The molecule has 0 aromatic carbocycles. The van der Waals surface area contributed by atoms with E-state index in [9.17, 15) is 0 Å². The Labute approximate surface area is 105 Å². The second-order valence-corrected chi connectivity index (χ2v) is 6.09. The van der Waals surface area contributed by atoms with Gasteiger partial charge in [-0.05, 0) is 57.5 Å². The molecule has 0 saturated heterocycles. The first-order valence-corrected chi connectivity index (χ1v) is 7.03. The first kappa shape index (κ1) is 12.9. The molecule has 0 heterocycles. The lowest BCUT2D eigenvalue weighted by atomic mass is 9.84. The molecule has 0 amide bonds. The number of hydrogen-bond donors (Lipinski definition) is 1. The molecule has 0 radical (unpaired) electrons. The van der Waals surface area contributed by atoms with Crippen molar-refractivity contribution in [3.05, 3.63) is 0 Å². The maximum absolute atomic E-state index is 9.16. The van der Waals surface area contributed by atoms with Crippen LogP contribution in [0.2, 0.25) is 0 Å². The standard InChI is InChI=1S/C14H25N3/c1-17(10-12-4-2-5-12)9-7-13-6-3-8-14(13,16)11-15/h12-13H,2-10,16H2,1H3. The van der Waals surface area contributed by atoms with Crippen LogP contribution in [0.25, 0.3) is 0 Å². The summed E-state index contributed by atoms with van der Waals surface area (Å²) in [5.41, 5.74) is 5.62. The number of nitriles is 1. The van der Waals surface area contributed by atoms with Gasteiger partial charge in [0.05, 0.1) is 6.07 Å². The molecular formula is C14H25N3. The molecule has 0 aliphatic heterocycles. The molecule has 3 nitrogen and oxygen atoms in total. The smallest absolute Gasteiger partial charge is 0.107 e. The van der Waals surface area contributed by atoms with Crippen LogP contribution in [0.15, 0.2) is 0 Å². The van der Waals surface area contributed by atoms with Crippen LogP contribution in [-0.4, -0.2) is 30.6 Å². The topological polar surface area (TPSA) is 53.0 Å². The molecule has 2 rings (SSSR count). The molecule has 2 fully saturated rings. The second-order valence-electron chi connectivity index (χ2n) is 6.09. The number of rotatable bonds is 5. The van der Waals surface area contributed by atoms with Gasteiger partial charge in [0, 0.05) is 6.54 Å². The summed E-state index contributed by atoms with van der Waals surface area (Å²) >= 11 is 0. The van der Waals surface area contributed by atoms with E-state index in [0.29, 0.717) is 5.92 Å². The van der Waals surface area contributed by atoms with Gasteiger partial charge in [-0.3, -0.25) is 0 Å². The number of hydrogen-bond acceptors (Lipinski definition) is 3. The molecule has 2 N–H and O–H groups in total. The second kappa shape index (κ2) is 5.37. The highest BCUT2D eigenvalue weighted by molar-refractivity contribution is 5.11. The minimum atomic E-state index is -0.530. The Balaban J connectivity index is 1.72. The van der Waals surface area contributed by atoms with Gasteiger partial charge in [0.1, 0.15) is 5.54 Å². The fourth-order valence-electron chi connectivity index (χ4n) is 3.24. The molecule has 0 aromatic heterocycles. The van der Waals surface area contributed by atoms with E-state index in [1.807, 2.05) is 0 Å². The minimum absolute atomic E-state index is 0.413. The summed E-state index contributed by atoms with van der Waals surface area (Å²) in [6, 6.07) is 2.34. The first-order valence-electron chi connectivity index (χ1n) is 7.03. The molecule has 0 aromatic rings. The van der Waals surface area contributed by atoms with Gasteiger partial charge in [0.25, 0.3) is 0 Å². The summed E-state index contributed by atoms with van der Waals surface area (Å²) in [4.78, 5) is 2.43. The van der Waals surface area contributed by atoms with E-state index >= 15 is 0 Å². The van der Waals surface area contributed by atoms with E-state index in [0.717, 1.165) is 38.1 Å². The Morgan fingerprint density at radius 3 is 2.71 bits per heavy atom. The van der Waals surface area contributed by atoms with Crippen LogP contribution in [0.3, 0.4) is 0 Å². The molecule has 3 heteroatoms. The zero-order chi connectivity index (χ0) is 12.3. The third kappa shape index (κ3) is 3.00. The van der Waals surface area contributed by atoms with Gasteiger partial charge < -0.3 is 10.6 Å². The highest BCUT2D eigenvalue weighted by atomic mass is 15.1. The van der Waals surface area contributed by atoms with Crippen molar-refractivity contribution in [1.29, 1.82) is 5.26 Å². The summed E-state index contributed by atoms with van der Waals surface area (Å²) < 4.78 is 0.